The number of halogens is 2. The van der Waals surface area contributed by atoms with Gasteiger partial charge in [-0.1, -0.05) is 18.0 Å². The SMILES string of the molecule is COc1ccc(NC(N)=NCC2CCCC2OC)cc1Cl.I. The van der Waals surface area contributed by atoms with Gasteiger partial charge in [0.15, 0.2) is 5.96 Å². The van der Waals surface area contributed by atoms with Gasteiger partial charge in [-0.2, -0.15) is 0 Å². The van der Waals surface area contributed by atoms with Crippen molar-refractivity contribution in [3.8, 4) is 5.75 Å². The highest BCUT2D eigenvalue weighted by atomic mass is 127. The number of benzene rings is 1. The van der Waals surface area contributed by atoms with Crippen LogP contribution in [0.5, 0.6) is 5.75 Å². The number of nitrogens with two attached hydrogens (primary N) is 1. The number of methoxy groups -OCH3 is 2. The van der Waals surface area contributed by atoms with Gasteiger partial charge in [-0.05, 0) is 31.0 Å². The van der Waals surface area contributed by atoms with Gasteiger partial charge in [-0.15, -0.1) is 24.0 Å². The second kappa shape index (κ2) is 9.42. The summed E-state index contributed by atoms with van der Waals surface area (Å²) in [5, 5.41) is 3.57. The van der Waals surface area contributed by atoms with Crippen LogP contribution < -0.4 is 15.8 Å². The van der Waals surface area contributed by atoms with Crippen molar-refractivity contribution in [2.24, 2.45) is 16.6 Å². The number of ether oxygens (including phenoxy) is 2. The second-order valence-electron chi connectivity index (χ2n) is 5.17. The molecule has 1 aromatic carbocycles. The predicted molar refractivity (Wildman–Crippen MR) is 102 cm³/mol. The van der Waals surface area contributed by atoms with E-state index in [-0.39, 0.29) is 24.0 Å². The first-order valence-corrected chi connectivity index (χ1v) is 7.45. The van der Waals surface area contributed by atoms with Gasteiger partial charge in [0.05, 0.1) is 18.2 Å². The summed E-state index contributed by atoms with van der Waals surface area (Å²) in [6.45, 7) is 0.682. The molecule has 1 fully saturated rings. The number of anilines is 1. The van der Waals surface area contributed by atoms with Crippen LogP contribution in [0.25, 0.3) is 0 Å². The molecule has 2 atom stereocenters. The van der Waals surface area contributed by atoms with Crippen LogP contribution in [0.4, 0.5) is 5.69 Å². The standard InChI is InChI=1S/C15H22ClN3O2.HI/c1-20-13-5-3-4-10(13)9-18-15(17)19-11-6-7-14(21-2)12(16)8-11;/h6-8,10,13H,3-5,9H2,1-2H3,(H3,17,18,19);1H. The molecular weight excluding hydrogens is 417 g/mol. The van der Waals surface area contributed by atoms with Crippen molar-refractivity contribution in [1.82, 2.24) is 0 Å². The summed E-state index contributed by atoms with van der Waals surface area (Å²) in [4.78, 5) is 4.40. The van der Waals surface area contributed by atoms with Gasteiger partial charge >= 0.3 is 0 Å². The third-order valence-corrected chi connectivity index (χ3v) is 4.11. The molecule has 22 heavy (non-hydrogen) atoms. The summed E-state index contributed by atoms with van der Waals surface area (Å²) in [6.07, 6.45) is 3.75. The Bertz CT molecular complexity index is 514. The first-order valence-electron chi connectivity index (χ1n) is 7.07. The third-order valence-electron chi connectivity index (χ3n) is 3.81. The summed E-state index contributed by atoms with van der Waals surface area (Å²) in [7, 11) is 3.34. The van der Waals surface area contributed by atoms with Gasteiger partial charge in [0.2, 0.25) is 0 Å². The zero-order chi connectivity index (χ0) is 15.2. The van der Waals surface area contributed by atoms with Gasteiger partial charge in [0, 0.05) is 25.3 Å². The van der Waals surface area contributed by atoms with Gasteiger partial charge < -0.3 is 20.5 Å². The van der Waals surface area contributed by atoms with Crippen molar-refractivity contribution < 1.29 is 9.47 Å². The molecule has 0 radical (unpaired) electrons. The lowest BCUT2D eigenvalue weighted by Crippen LogP contribution is -2.25. The Kier molecular flexibility index (Phi) is 8.27. The minimum atomic E-state index is 0. The summed E-state index contributed by atoms with van der Waals surface area (Å²) in [6, 6.07) is 5.40. The summed E-state index contributed by atoms with van der Waals surface area (Å²) in [5.41, 5.74) is 6.70. The first-order chi connectivity index (χ1) is 10.1. The molecule has 2 rings (SSSR count). The number of hydrogen-bond donors (Lipinski definition) is 2. The second-order valence-corrected chi connectivity index (χ2v) is 5.57. The summed E-state index contributed by atoms with van der Waals surface area (Å²) >= 11 is 6.07. The molecule has 0 heterocycles. The normalized spacial score (nSPS) is 21.3. The molecule has 1 saturated carbocycles. The highest BCUT2D eigenvalue weighted by Crippen LogP contribution is 2.28. The Balaban J connectivity index is 0.00000242. The monoisotopic (exact) mass is 439 g/mol. The van der Waals surface area contributed by atoms with Gasteiger partial charge in [0.1, 0.15) is 5.75 Å². The van der Waals surface area contributed by atoms with E-state index in [1.54, 1.807) is 26.4 Å². The third kappa shape index (κ3) is 5.17. The summed E-state index contributed by atoms with van der Waals surface area (Å²) in [5.74, 6) is 1.47. The quantitative estimate of drug-likeness (QED) is 0.418. The van der Waals surface area contributed by atoms with Gasteiger partial charge in [-0.25, -0.2) is 0 Å². The van der Waals surface area contributed by atoms with E-state index >= 15 is 0 Å². The molecule has 0 amide bonds. The van der Waals surface area contributed by atoms with E-state index in [2.05, 4.69) is 10.3 Å². The fraction of sp³-hybridized carbons (Fsp3) is 0.533. The average molecular weight is 440 g/mol. The zero-order valence-corrected chi connectivity index (χ0v) is 15.9. The molecule has 1 aliphatic rings. The maximum atomic E-state index is 6.07. The number of nitrogens with zero attached hydrogens (tertiary/aromatic N) is 1. The number of guanidine groups is 1. The highest BCUT2D eigenvalue weighted by molar-refractivity contribution is 14.0. The minimum absolute atomic E-state index is 0. The fourth-order valence-electron chi connectivity index (χ4n) is 2.67. The number of nitrogens with one attached hydrogen (secondary N) is 1. The van der Waals surface area contributed by atoms with E-state index in [9.17, 15) is 0 Å². The molecule has 124 valence electrons. The smallest absolute Gasteiger partial charge is 0.193 e. The minimum Gasteiger partial charge on any atom is -0.495 e. The fourth-order valence-corrected chi connectivity index (χ4v) is 2.93. The Morgan fingerprint density at radius 2 is 2.18 bits per heavy atom. The van der Waals surface area contributed by atoms with Crippen molar-refractivity contribution in [3.05, 3.63) is 23.2 Å². The van der Waals surface area contributed by atoms with E-state index in [4.69, 9.17) is 26.8 Å². The summed E-state index contributed by atoms with van der Waals surface area (Å²) < 4.78 is 10.6. The topological polar surface area (TPSA) is 68.9 Å². The van der Waals surface area contributed by atoms with Crippen molar-refractivity contribution in [3.63, 3.8) is 0 Å². The van der Waals surface area contributed by atoms with E-state index in [1.165, 1.54) is 6.42 Å². The maximum absolute atomic E-state index is 6.07. The van der Waals surface area contributed by atoms with Gasteiger partial charge in [-0.3, -0.25) is 4.99 Å². The molecule has 7 heteroatoms. The highest BCUT2D eigenvalue weighted by Gasteiger charge is 2.26. The van der Waals surface area contributed by atoms with Crippen molar-refractivity contribution >= 4 is 47.2 Å². The largest absolute Gasteiger partial charge is 0.495 e. The van der Waals surface area contributed by atoms with E-state index in [0.717, 1.165) is 18.5 Å². The molecule has 1 aromatic rings. The molecule has 0 spiro atoms. The Labute approximate surface area is 153 Å². The van der Waals surface area contributed by atoms with E-state index in [0.29, 0.717) is 35.3 Å². The zero-order valence-electron chi connectivity index (χ0n) is 12.8. The average Bonchev–Trinajstić information content (AvgIpc) is 2.93. The van der Waals surface area contributed by atoms with E-state index < -0.39 is 0 Å². The Morgan fingerprint density at radius 3 is 2.82 bits per heavy atom. The van der Waals surface area contributed by atoms with Crippen LogP contribution in [-0.4, -0.2) is 32.8 Å². The van der Waals surface area contributed by atoms with Crippen LogP contribution in [-0.2, 0) is 4.74 Å². The van der Waals surface area contributed by atoms with Crippen LogP contribution in [0, 0.1) is 5.92 Å². The van der Waals surface area contributed by atoms with Crippen molar-refractivity contribution in [2.45, 2.75) is 25.4 Å². The number of hydrogen-bond acceptors (Lipinski definition) is 3. The molecule has 0 bridgehead atoms. The number of aliphatic imine (C=N–C) groups is 1. The van der Waals surface area contributed by atoms with Crippen LogP contribution >= 0.6 is 35.6 Å². The van der Waals surface area contributed by atoms with Gasteiger partial charge in [0.25, 0.3) is 0 Å². The van der Waals surface area contributed by atoms with Crippen LogP contribution in [0.3, 0.4) is 0 Å². The molecule has 2 unspecified atom stereocenters. The lowest BCUT2D eigenvalue weighted by molar-refractivity contribution is 0.0743. The van der Waals surface area contributed by atoms with Crippen LogP contribution in [0.2, 0.25) is 5.02 Å². The molecule has 0 aromatic heterocycles. The Hall–Kier alpha value is -0.730. The molecule has 3 N–H and O–H groups in total. The van der Waals surface area contributed by atoms with E-state index in [1.807, 2.05) is 6.07 Å². The van der Waals surface area contributed by atoms with Crippen molar-refractivity contribution in [2.75, 3.05) is 26.1 Å². The molecule has 0 aliphatic heterocycles. The maximum Gasteiger partial charge on any atom is 0.193 e. The van der Waals surface area contributed by atoms with Crippen LogP contribution in [0.1, 0.15) is 19.3 Å². The lowest BCUT2D eigenvalue weighted by atomic mass is 10.1. The molecule has 5 nitrogen and oxygen atoms in total. The first kappa shape index (κ1) is 19.3. The van der Waals surface area contributed by atoms with Crippen molar-refractivity contribution in [1.29, 1.82) is 0 Å². The predicted octanol–water partition coefficient (Wildman–Crippen LogP) is 3.51. The lowest BCUT2D eigenvalue weighted by Gasteiger charge is -2.16. The van der Waals surface area contributed by atoms with Crippen LogP contribution in [0.15, 0.2) is 23.2 Å². The molecule has 1 aliphatic carbocycles. The number of rotatable bonds is 5. The Morgan fingerprint density at radius 1 is 1.41 bits per heavy atom. The molecular formula is C15H23ClIN3O2. The molecule has 0 saturated heterocycles.